The topological polar surface area (TPSA) is 23.5 Å². The fourth-order valence-electron chi connectivity index (χ4n) is 3.14. The van der Waals surface area contributed by atoms with Gasteiger partial charge in [0.1, 0.15) is 0 Å². The van der Waals surface area contributed by atoms with Crippen LogP contribution < -0.4 is 0 Å². The number of benzene rings is 1. The van der Waals surface area contributed by atoms with E-state index in [2.05, 4.69) is 49.1 Å². The quantitative estimate of drug-likeness (QED) is 0.865. The molecule has 2 nitrogen and oxygen atoms in total. The van der Waals surface area contributed by atoms with Crippen LogP contribution in [-0.2, 0) is 6.42 Å². The van der Waals surface area contributed by atoms with E-state index in [4.69, 9.17) is 5.11 Å². The summed E-state index contributed by atoms with van der Waals surface area (Å²) in [6.07, 6.45) is 3.28. The molecule has 0 bridgehead atoms. The van der Waals surface area contributed by atoms with E-state index in [1.807, 2.05) is 0 Å². The zero-order chi connectivity index (χ0) is 13.0. The van der Waals surface area contributed by atoms with Crippen molar-refractivity contribution in [3.63, 3.8) is 0 Å². The first-order chi connectivity index (χ1) is 8.62. The predicted molar refractivity (Wildman–Crippen MR) is 75.6 cm³/mol. The lowest BCUT2D eigenvalue weighted by atomic mass is 9.94. The second-order valence-corrected chi connectivity index (χ2v) is 6.08. The summed E-state index contributed by atoms with van der Waals surface area (Å²) >= 11 is 0. The third kappa shape index (κ3) is 3.33. The number of aliphatic hydroxyl groups is 1. The molecule has 0 radical (unpaired) electrons. The Kier molecular flexibility index (Phi) is 4.41. The average Bonchev–Trinajstić information content (AvgIpc) is 2.63. The van der Waals surface area contributed by atoms with Crippen LogP contribution in [0.5, 0.6) is 0 Å². The first kappa shape index (κ1) is 13.6. The molecular weight excluding hydrogens is 222 g/mol. The van der Waals surface area contributed by atoms with Gasteiger partial charge in [0.2, 0.25) is 0 Å². The molecule has 1 N–H and O–H groups in total. The van der Waals surface area contributed by atoms with Crippen LogP contribution in [0.15, 0.2) is 30.3 Å². The van der Waals surface area contributed by atoms with Crippen LogP contribution in [0, 0.1) is 5.92 Å². The van der Waals surface area contributed by atoms with Crippen molar-refractivity contribution >= 4 is 0 Å². The SMILES string of the molecule is CC1(C)CC(CCO)CN1CCc1ccccc1. The first-order valence-electron chi connectivity index (χ1n) is 7.01. The highest BCUT2D eigenvalue weighted by Gasteiger charge is 2.37. The maximum absolute atomic E-state index is 9.07. The zero-order valence-corrected chi connectivity index (χ0v) is 11.6. The van der Waals surface area contributed by atoms with Crippen LogP contribution in [0.4, 0.5) is 0 Å². The fraction of sp³-hybridized carbons (Fsp3) is 0.625. The van der Waals surface area contributed by atoms with E-state index in [1.165, 1.54) is 12.0 Å². The Morgan fingerprint density at radius 2 is 2.00 bits per heavy atom. The van der Waals surface area contributed by atoms with E-state index < -0.39 is 0 Å². The van der Waals surface area contributed by atoms with E-state index in [0.29, 0.717) is 12.5 Å². The Balaban J connectivity index is 1.89. The van der Waals surface area contributed by atoms with Crippen LogP contribution >= 0.6 is 0 Å². The smallest absolute Gasteiger partial charge is 0.0434 e. The lowest BCUT2D eigenvalue weighted by molar-refractivity contribution is 0.176. The van der Waals surface area contributed by atoms with E-state index in [1.54, 1.807) is 0 Å². The molecule has 1 heterocycles. The monoisotopic (exact) mass is 247 g/mol. The van der Waals surface area contributed by atoms with Crippen molar-refractivity contribution in [1.29, 1.82) is 0 Å². The van der Waals surface area contributed by atoms with Crippen molar-refractivity contribution in [2.45, 2.75) is 38.6 Å². The van der Waals surface area contributed by atoms with Crippen molar-refractivity contribution in [3.05, 3.63) is 35.9 Å². The third-order valence-corrected chi connectivity index (χ3v) is 4.17. The van der Waals surface area contributed by atoms with Crippen molar-refractivity contribution in [1.82, 2.24) is 4.90 Å². The van der Waals surface area contributed by atoms with Gasteiger partial charge in [0.15, 0.2) is 0 Å². The lowest BCUT2D eigenvalue weighted by Crippen LogP contribution is -2.39. The van der Waals surface area contributed by atoms with Crippen LogP contribution in [0.2, 0.25) is 0 Å². The van der Waals surface area contributed by atoms with Crippen LogP contribution in [0.25, 0.3) is 0 Å². The molecule has 1 aromatic carbocycles. The Morgan fingerprint density at radius 3 is 2.67 bits per heavy atom. The minimum atomic E-state index is 0.286. The molecule has 2 rings (SSSR count). The maximum atomic E-state index is 9.07. The predicted octanol–water partition coefficient (Wildman–Crippen LogP) is 2.71. The number of nitrogens with zero attached hydrogens (tertiary/aromatic N) is 1. The standard InChI is InChI=1S/C16H25NO/c1-16(2)12-15(9-11-18)13-17(16)10-8-14-6-4-3-5-7-14/h3-7,15,18H,8-13H2,1-2H3. The lowest BCUT2D eigenvalue weighted by Gasteiger charge is -2.31. The van der Waals surface area contributed by atoms with Crippen molar-refractivity contribution in [3.8, 4) is 0 Å². The van der Waals surface area contributed by atoms with Gasteiger partial charge < -0.3 is 5.11 Å². The Labute approximate surface area is 111 Å². The van der Waals surface area contributed by atoms with Gasteiger partial charge in [-0.1, -0.05) is 30.3 Å². The van der Waals surface area contributed by atoms with Gasteiger partial charge in [-0.2, -0.15) is 0 Å². The summed E-state index contributed by atoms with van der Waals surface area (Å²) < 4.78 is 0. The highest BCUT2D eigenvalue weighted by atomic mass is 16.3. The summed E-state index contributed by atoms with van der Waals surface area (Å²) in [5, 5.41) is 9.07. The second kappa shape index (κ2) is 5.85. The number of rotatable bonds is 5. The first-order valence-corrected chi connectivity index (χ1v) is 7.01. The van der Waals surface area contributed by atoms with Crippen LogP contribution in [0.1, 0.15) is 32.3 Å². The van der Waals surface area contributed by atoms with Gasteiger partial charge in [0, 0.05) is 25.2 Å². The molecule has 1 saturated heterocycles. The summed E-state index contributed by atoms with van der Waals surface area (Å²) in [7, 11) is 0. The molecule has 0 aliphatic carbocycles. The summed E-state index contributed by atoms with van der Waals surface area (Å²) in [4.78, 5) is 2.58. The van der Waals surface area contributed by atoms with Gasteiger partial charge in [-0.05, 0) is 44.6 Å². The molecule has 100 valence electrons. The zero-order valence-electron chi connectivity index (χ0n) is 11.6. The van der Waals surface area contributed by atoms with Gasteiger partial charge in [-0.25, -0.2) is 0 Å². The number of hydrogen-bond acceptors (Lipinski definition) is 2. The van der Waals surface area contributed by atoms with Crippen molar-refractivity contribution < 1.29 is 5.11 Å². The summed E-state index contributed by atoms with van der Waals surface area (Å²) in [5.41, 5.74) is 1.70. The molecule has 2 heteroatoms. The minimum Gasteiger partial charge on any atom is -0.396 e. The molecule has 1 aromatic rings. The van der Waals surface area contributed by atoms with Crippen molar-refractivity contribution in [2.75, 3.05) is 19.7 Å². The molecule has 1 aliphatic heterocycles. The number of aliphatic hydroxyl groups excluding tert-OH is 1. The molecule has 0 amide bonds. The molecule has 18 heavy (non-hydrogen) atoms. The molecule has 0 saturated carbocycles. The Morgan fingerprint density at radius 1 is 1.28 bits per heavy atom. The van der Waals surface area contributed by atoms with E-state index in [-0.39, 0.29) is 5.54 Å². The molecular formula is C16H25NO. The molecule has 1 unspecified atom stereocenters. The minimum absolute atomic E-state index is 0.286. The normalized spacial score (nSPS) is 23.4. The maximum Gasteiger partial charge on any atom is 0.0434 e. The Bertz CT molecular complexity index is 361. The molecule has 1 aliphatic rings. The number of likely N-dealkylation sites (tertiary alicyclic amines) is 1. The third-order valence-electron chi connectivity index (χ3n) is 4.17. The second-order valence-electron chi connectivity index (χ2n) is 6.08. The van der Waals surface area contributed by atoms with Gasteiger partial charge in [-0.3, -0.25) is 4.90 Å². The average molecular weight is 247 g/mol. The highest BCUT2D eigenvalue weighted by Crippen LogP contribution is 2.34. The van der Waals surface area contributed by atoms with Gasteiger partial charge >= 0.3 is 0 Å². The molecule has 1 atom stereocenters. The molecule has 1 fully saturated rings. The van der Waals surface area contributed by atoms with E-state index in [0.717, 1.165) is 25.9 Å². The molecule has 0 spiro atoms. The largest absolute Gasteiger partial charge is 0.396 e. The summed E-state index contributed by atoms with van der Waals surface area (Å²) in [6, 6.07) is 10.7. The number of hydrogen-bond donors (Lipinski definition) is 1. The Hall–Kier alpha value is -0.860. The summed E-state index contributed by atoms with van der Waals surface area (Å²) in [6.45, 7) is 7.25. The van der Waals surface area contributed by atoms with E-state index >= 15 is 0 Å². The fourth-order valence-corrected chi connectivity index (χ4v) is 3.14. The van der Waals surface area contributed by atoms with Crippen LogP contribution in [-0.4, -0.2) is 35.2 Å². The summed E-state index contributed by atoms with van der Waals surface area (Å²) in [5.74, 6) is 0.667. The van der Waals surface area contributed by atoms with Gasteiger partial charge in [-0.15, -0.1) is 0 Å². The van der Waals surface area contributed by atoms with Crippen LogP contribution in [0.3, 0.4) is 0 Å². The highest BCUT2D eigenvalue weighted by molar-refractivity contribution is 5.15. The van der Waals surface area contributed by atoms with E-state index in [9.17, 15) is 0 Å². The van der Waals surface area contributed by atoms with Gasteiger partial charge in [0.05, 0.1) is 0 Å². The van der Waals surface area contributed by atoms with Crippen molar-refractivity contribution in [2.24, 2.45) is 5.92 Å². The van der Waals surface area contributed by atoms with Gasteiger partial charge in [0.25, 0.3) is 0 Å². The molecule has 0 aromatic heterocycles.